The number of carbonyl (C=O) groups excluding carboxylic acids is 1. The Bertz CT molecular complexity index is 604. The lowest BCUT2D eigenvalue weighted by Crippen LogP contribution is -2.40. The van der Waals surface area contributed by atoms with Crippen LogP contribution in [0.3, 0.4) is 0 Å². The van der Waals surface area contributed by atoms with Crippen LogP contribution < -0.4 is 0 Å². The molecule has 2 aromatic rings. The Labute approximate surface area is 111 Å². The van der Waals surface area contributed by atoms with E-state index in [2.05, 4.69) is 4.98 Å². The van der Waals surface area contributed by atoms with E-state index >= 15 is 0 Å². The van der Waals surface area contributed by atoms with Crippen LogP contribution in [0.25, 0.3) is 10.9 Å². The highest BCUT2D eigenvalue weighted by atomic mass is 16.3. The summed E-state index contributed by atoms with van der Waals surface area (Å²) in [7, 11) is 0. The lowest BCUT2D eigenvalue weighted by Gasteiger charge is -2.29. The Kier molecular flexibility index (Phi) is 3.17. The average molecular weight is 256 g/mol. The first kappa shape index (κ1) is 12.1. The van der Waals surface area contributed by atoms with Gasteiger partial charge in [-0.05, 0) is 25.0 Å². The van der Waals surface area contributed by atoms with Crippen molar-refractivity contribution < 1.29 is 9.90 Å². The molecule has 1 aromatic carbocycles. The number of hydrogen-bond acceptors (Lipinski definition) is 3. The second-order valence-electron chi connectivity index (χ2n) is 4.91. The minimum Gasteiger partial charge on any atom is -0.393 e. The summed E-state index contributed by atoms with van der Waals surface area (Å²) >= 11 is 0. The molecule has 98 valence electrons. The number of aliphatic hydroxyl groups is 1. The zero-order valence-electron chi connectivity index (χ0n) is 10.6. The molecule has 1 aliphatic rings. The lowest BCUT2D eigenvalue weighted by molar-refractivity contribution is 0.0542. The molecule has 1 N–H and O–H groups in total. The number of hydrogen-bond donors (Lipinski definition) is 1. The number of likely N-dealkylation sites (tertiary alicyclic amines) is 1. The van der Waals surface area contributed by atoms with Gasteiger partial charge in [-0.25, -0.2) is 4.98 Å². The van der Waals surface area contributed by atoms with E-state index in [-0.39, 0.29) is 12.0 Å². The van der Waals surface area contributed by atoms with Crippen molar-refractivity contribution in [2.75, 3.05) is 13.1 Å². The molecule has 2 heterocycles. The molecule has 1 amide bonds. The zero-order valence-corrected chi connectivity index (χ0v) is 10.6. The van der Waals surface area contributed by atoms with Gasteiger partial charge in [-0.15, -0.1) is 0 Å². The topological polar surface area (TPSA) is 53.4 Å². The number of fused-ring (bicyclic) bond motifs is 1. The van der Waals surface area contributed by atoms with Crippen molar-refractivity contribution in [3.8, 4) is 0 Å². The van der Waals surface area contributed by atoms with E-state index in [0.717, 1.165) is 10.9 Å². The molecule has 1 aliphatic heterocycles. The molecule has 4 heteroatoms. The molecule has 19 heavy (non-hydrogen) atoms. The molecule has 0 unspecified atom stereocenters. The van der Waals surface area contributed by atoms with Gasteiger partial charge in [0.2, 0.25) is 0 Å². The van der Waals surface area contributed by atoms with E-state index in [1.54, 1.807) is 11.0 Å². The number of aromatic nitrogens is 1. The normalized spacial score (nSPS) is 16.8. The Morgan fingerprint density at radius 1 is 1.16 bits per heavy atom. The zero-order chi connectivity index (χ0) is 13.2. The minimum absolute atomic E-state index is 0.0438. The maximum atomic E-state index is 12.3. The van der Waals surface area contributed by atoms with Gasteiger partial charge in [0.25, 0.3) is 5.91 Å². The maximum Gasteiger partial charge on any atom is 0.272 e. The molecule has 0 aliphatic carbocycles. The van der Waals surface area contributed by atoms with Gasteiger partial charge in [-0.1, -0.05) is 24.3 Å². The van der Waals surface area contributed by atoms with Gasteiger partial charge in [0.1, 0.15) is 5.69 Å². The fourth-order valence-corrected chi connectivity index (χ4v) is 2.42. The standard InChI is InChI=1S/C15H16N2O2/c18-12-7-9-17(10-8-12)15(19)14-6-5-11-3-1-2-4-13(11)16-14/h1-6,12,18H,7-10H2. The van der Waals surface area contributed by atoms with Crippen molar-refractivity contribution in [3.05, 3.63) is 42.1 Å². The fourth-order valence-electron chi connectivity index (χ4n) is 2.42. The maximum absolute atomic E-state index is 12.3. The second kappa shape index (κ2) is 4.97. The van der Waals surface area contributed by atoms with E-state index in [0.29, 0.717) is 31.6 Å². The summed E-state index contributed by atoms with van der Waals surface area (Å²) in [4.78, 5) is 18.5. The lowest BCUT2D eigenvalue weighted by atomic mass is 10.1. The highest BCUT2D eigenvalue weighted by molar-refractivity contribution is 5.94. The highest BCUT2D eigenvalue weighted by Gasteiger charge is 2.23. The van der Waals surface area contributed by atoms with Gasteiger partial charge >= 0.3 is 0 Å². The summed E-state index contributed by atoms with van der Waals surface area (Å²) in [6.45, 7) is 1.21. The molecule has 0 saturated carbocycles. The van der Waals surface area contributed by atoms with Crippen LogP contribution in [0.1, 0.15) is 23.3 Å². The first-order chi connectivity index (χ1) is 9.24. The smallest absolute Gasteiger partial charge is 0.272 e. The summed E-state index contributed by atoms with van der Waals surface area (Å²) in [6.07, 6.45) is 1.03. The number of rotatable bonds is 1. The van der Waals surface area contributed by atoms with Crippen LogP contribution in [0.5, 0.6) is 0 Å². The average Bonchev–Trinajstić information content (AvgIpc) is 2.47. The van der Waals surface area contributed by atoms with E-state index in [9.17, 15) is 9.90 Å². The van der Waals surface area contributed by atoms with Crippen LogP contribution in [0.4, 0.5) is 0 Å². The molecule has 0 atom stereocenters. The summed E-state index contributed by atoms with van der Waals surface area (Å²) in [5, 5.41) is 10.5. The number of aliphatic hydroxyl groups excluding tert-OH is 1. The van der Waals surface area contributed by atoms with Crippen molar-refractivity contribution in [2.45, 2.75) is 18.9 Å². The summed E-state index contributed by atoms with van der Waals surface area (Å²) in [5.74, 6) is -0.0438. The largest absolute Gasteiger partial charge is 0.393 e. The van der Waals surface area contributed by atoms with Gasteiger partial charge in [0.05, 0.1) is 11.6 Å². The quantitative estimate of drug-likeness (QED) is 0.847. The Morgan fingerprint density at radius 3 is 2.68 bits per heavy atom. The van der Waals surface area contributed by atoms with Crippen molar-refractivity contribution in [3.63, 3.8) is 0 Å². The van der Waals surface area contributed by atoms with E-state index in [4.69, 9.17) is 0 Å². The Morgan fingerprint density at radius 2 is 1.89 bits per heavy atom. The molecule has 4 nitrogen and oxygen atoms in total. The minimum atomic E-state index is -0.270. The Balaban J connectivity index is 1.85. The number of pyridine rings is 1. The molecular weight excluding hydrogens is 240 g/mol. The van der Waals surface area contributed by atoms with Crippen LogP contribution in [0, 0.1) is 0 Å². The number of carbonyl (C=O) groups is 1. The third kappa shape index (κ3) is 2.44. The molecule has 3 rings (SSSR count). The van der Waals surface area contributed by atoms with Crippen molar-refractivity contribution >= 4 is 16.8 Å². The van der Waals surface area contributed by atoms with Crippen LogP contribution >= 0.6 is 0 Å². The van der Waals surface area contributed by atoms with Gasteiger partial charge in [-0.2, -0.15) is 0 Å². The predicted molar refractivity (Wildman–Crippen MR) is 72.9 cm³/mol. The van der Waals surface area contributed by atoms with Crippen molar-refractivity contribution in [1.29, 1.82) is 0 Å². The molecule has 1 aromatic heterocycles. The van der Waals surface area contributed by atoms with E-state index in [1.165, 1.54) is 0 Å². The molecule has 0 radical (unpaired) electrons. The van der Waals surface area contributed by atoms with E-state index in [1.807, 2.05) is 30.3 Å². The van der Waals surface area contributed by atoms with Crippen LogP contribution in [0.2, 0.25) is 0 Å². The van der Waals surface area contributed by atoms with Crippen molar-refractivity contribution in [2.24, 2.45) is 0 Å². The summed E-state index contributed by atoms with van der Waals surface area (Å²) in [6, 6.07) is 11.5. The number of nitrogens with zero attached hydrogens (tertiary/aromatic N) is 2. The van der Waals surface area contributed by atoms with Gasteiger partial charge in [0, 0.05) is 18.5 Å². The third-order valence-corrected chi connectivity index (χ3v) is 3.57. The number of para-hydroxylation sites is 1. The number of amides is 1. The summed E-state index contributed by atoms with van der Waals surface area (Å²) < 4.78 is 0. The third-order valence-electron chi connectivity index (χ3n) is 3.57. The van der Waals surface area contributed by atoms with Crippen LogP contribution in [-0.4, -0.2) is 40.1 Å². The van der Waals surface area contributed by atoms with Gasteiger partial charge < -0.3 is 10.0 Å². The SMILES string of the molecule is O=C(c1ccc2ccccc2n1)N1CCC(O)CC1. The highest BCUT2D eigenvalue weighted by Crippen LogP contribution is 2.16. The molecule has 0 spiro atoms. The number of piperidine rings is 1. The molecule has 1 fully saturated rings. The molecular formula is C15H16N2O2. The predicted octanol–water partition coefficient (Wildman–Crippen LogP) is 1.83. The van der Waals surface area contributed by atoms with E-state index < -0.39 is 0 Å². The first-order valence-corrected chi connectivity index (χ1v) is 6.57. The number of benzene rings is 1. The monoisotopic (exact) mass is 256 g/mol. The summed E-state index contributed by atoms with van der Waals surface area (Å²) in [5.41, 5.74) is 1.32. The van der Waals surface area contributed by atoms with Crippen LogP contribution in [-0.2, 0) is 0 Å². The molecule has 1 saturated heterocycles. The van der Waals surface area contributed by atoms with Gasteiger partial charge in [0.15, 0.2) is 0 Å². The van der Waals surface area contributed by atoms with Crippen molar-refractivity contribution in [1.82, 2.24) is 9.88 Å². The molecule has 0 bridgehead atoms. The fraction of sp³-hybridized carbons (Fsp3) is 0.333. The van der Waals surface area contributed by atoms with Crippen LogP contribution in [0.15, 0.2) is 36.4 Å². The second-order valence-corrected chi connectivity index (χ2v) is 4.91. The Hall–Kier alpha value is -1.94. The van der Waals surface area contributed by atoms with Gasteiger partial charge in [-0.3, -0.25) is 4.79 Å². The first-order valence-electron chi connectivity index (χ1n) is 6.57.